The highest BCUT2D eigenvalue weighted by molar-refractivity contribution is 6.43. The van der Waals surface area contributed by atoms with Crippen molar-refractivity contribution in [3.63, 3.8) is 0 Å². The van der Waals surface area contributed by atoms with Crippen molar-refractivity contribution in [3.05, 3.63) is 59.1 Å². The normalized spacial score (nSPS) is 10.6. The van der Waals surface area contributed by atoms with Gasteiger partial charge in [0.25, 0.3) is 5.91 Å². The van der Waals surface area contributed by atoms with Crippen molar-refractivity contribution in [3.8, 4) is 6.07 Å². The summed E-state index contributed by atoms with van der Waals surface area (Å²) in [5.41, 5.74) is 3.30. The Bertz CT molecular complexity index is 876. The second-order valence-electron chi connectivity index (χ2n) is 4.92. The maximum Gasteiger partial charge on any atom is 0.369 e. The van der Waals surface area contributed by atoms with Crippen LogP contribution >= 0.6 is 11.6 Å². The van der Waals surface area contributed by atoms with Crippen LogP contribution in [0.4, 0.5) is 11.4 Å². The van der Waals surface area contributed by atoms with E-state index in [-0.39, 0.29) is 23.2 Å². The van der Waals surface area contributed by atoms with Gasteiger partial charge < -0.3 is 10.1 Å². The van der Waals surface area contributed by atoms with Crippen molar-refractivity contribution in [2.75, 3.05) is 17.3 Å². The Hall–Kier alpha value is -3.37. The van der Waals surface area contributed by atoms with E-state index in [9.17, 15) is 9.59 Å². The van der Waals surface area contributed by atoms with E-state index in [4.69, 9.17) is 21.6 Å². The zero-order valence-electron chi connectivity index (χ0n) is 13.8. The lowest BCUT2D eigenvalue weighted by molar-refractivity contribution is -0.134. The predicted molar refractivity (Wildman–Crippen MR) is 99.2 cm³/mol. The molecule has 132 valence electrons. The molecule has 0 saturated carbocycles. The fourth-order valence-corrected chi connectivity index (χ4v) is 2.07. The Morgan fingerprint density at radius 3 is 2.62 bits per heavy atom. The largest absolute Gasteiger partial charge is 0.461 e. The number of nitrogens with zero attached hydrogens (tertiary/aromatic N) is 2. The lowest BCUT2D eigenvalue weighted by Gasteiger charge is -2.08. The number of ether oxygens (including phenoxy) is 1. The van der Waals surface area contributed by atoms with Crippen LogP contribution in [0.25, 0.3) is 0 Å². The lowest BCUT2D eigenvalue weighted by Crippen LogP contribution is -2.17. The van der Waals surface area contributed by atoms with Crippen LogP contribution < -0.4 is 10.7 Å². The number of hydrogen-bond donors (Lipinski definition) is 2. The lowest BCUT2D eigenvalue weighted by atomic mass is 10.2. The molecular weight excluding hydrogens is 356 g/mol. The van der Waals surface area contributed by atoms with Crippen LogP contribution in [0, 0.1) is 11.3 Å². The molecule has 2 rings (SSSR count). The molecule has 1 amide bonds. The summed E-state index contributed by atoms with van der Waals surface area (Å²) in [5.74, 6) is -1.19. The first kappa shape index (κ1) is 19.0. The van der Waals surface area contributed by atoms with Gasteiger partial charge in [0, 0.05) is 11.3 Å². The fourth-order valence-electron chi connectivity index (χ4n) is 1.91. The van der Waals surface area contributed by atoms with Gasteiger partial charge in [-0.25, -0.2) is 4.79 Å². The second kappa shape index (κ2) is 9.20. The van der Waals surface area contributed by atoms with Gasteiger partial charge in [-0.15, -0.1) is 0 Å². The van der Waals surface area contributed by atoms with Crippen LogP contribution in [0.5, 0.6) is 0 Å². The average Bonchev–Trinajstić information content (AvgIpc) is 2.64. The molecule has 0 fully saturated rings. The Kier molecular flexibility index (Phi) is 6.71. The molecule has 0 aliphatic carbocycles. The first-order chi connectivity index (χ1) is 12.5. The van der Waals surface area contributed by atoms with Crippen LogP contribution in [0.2, 0.25) is 5.02 Å². The number of rotatable bonds is 6. The molecule has 0 unspecified atom stereocenters. The van der Waals surface area contributed by atoms with Crippen molar-refractivity contribution in [2.45, 2.75) is 6.92 Å². The number of benzene rings is 2. The molecule has 0 saturated heterocycles. The SMILES string of the molecule is CCOC(=O)C(C#N)=NNc1cc(C(=O)Nc2ccccc2)ccc1Cl. The summed E-state index contributed by atoms with van der Waals surface area (Å²) in [7, 11) is 0. The van der Waals surface area contributed by atoms with Crippen LogP contribution in [-0.2, 0) is 9.53 Å². The standard InChI is InChI=1S/C18H15ClN4O3/c1-2-26-18(25)16(11-20)23-22-15-10-12(8-9-14(15)19)17(24)21-13-6-4-3-5-7-13/h3-10,22H,2H2,1H3,(H,21,24). The highest BCUT2D eigenvalue weighted by Crippen LogP contribution is 2.23. The summed E-state index contributed by atoms with van der Waals surface area (Å²) < 4.78 is 4.71. The number of halogens is 1. The van der Waals surface area contributed by atoms with Gasteiger partial charge in [0.15, 0.2) is 0 Å². The van der Waals surface area contributed by atoms with Crippen LogP contribution in [0.1, 0.15) is 17.3 Å². The first-order valence-electron chi connectivity index (χ1n) is 7.62. The number of esters is 1. The molecule has 2 aromatic carbocycles. The molecule has 2 aromatic rings. The Morgan fingerprint density at radius 1 is 1.23 bits per heavy atom. The van der Waals surface area contributed by atoms with Gasteiger partial charge in [-0.1, -0.05) is 29.8 Å². The quantitative estimate of drug-likeness (QED) is 0.460. The summed E-state index contributed by atoms with van der Waals surface area (Å²) in [6.45, 7) is 1.74. The Balaban J connectivity index is 2.18. The van der Waals surface area contributed by atoms with Crippen LogP contribution in [-0.4, -0.2) is 24.2 Å². The number of para-hydroxylation sites is 1. The molecule has 0 aliphatic rings. The zero-order valence-corrected chi connectivity index (χ0v) is 14.6. The van der Waals surface area contributed by atoms with Gasteiger partial charge in [0.1, 0.15) is 6.07 Å². The molecular formula is C18H15ClN4O3. The third kappa shape index (κ3) is 5.06. The summed E-state index contributed by atoms with van der Waals surface area (Å²) in [6, 6.07) is 15.1. The molecule has 8 heteroatoms. The highest BCUT2D eigenvalue weighted by atomic mass is 35.5. The maximum absolute atomic E-state index is 12.3. The maximum atomic E-state index is 12.3. The second-order valence-corrected chi connectivity index (χ2v) is 5.33. The molecule has 0 aromatic heterocycles. The van der Waals surface area contributed by atoms with Gasteiger partial charge in [0.05, 0.1) is 17.3 Å². The van der Waals surface area contributed by atoms with E-state index < -0.39 is 11.7 Å². The summed E-state index contributed by atoms with van der Waals surface area (Å²) in [5, 5.41) is 15.7. The van der Waals surface area contributed by atoms with Crippen molar-refractivity contribution >= 4 is 40.6 Å². The van der Waals surface area contributed by atoms with E-state index in [1.165, 1.54) is 12.1 Å². The number of anilines is 2. The van der Waals surface area contributed by atoms with E-state index in [0.29, 0.717) is 11.3 Å². The minimum atomic E-state index is -0.850. The molecule has 0 aliphatic heterocycles. The third-order valence-corrected chi connectivity index (χ3v) is 3.45. The van der Waals surface area contributed by atoms with Crippen LogP contribution in [0.3, 0.4) is 0 Å². The Morgan fingerprint density at radius 2 is 1.96 bits per heavy atom. The van der Waals surface area contributed by atoms with Gasteiger partial charge in [-0.3, -0.25) is 10.2 Å². The van der Waals surface area contributed by atoms with Gasteiger partial charge >= 0.3 is 5.97 Å². The van der Waals surface area contributed by atoms with E-state index in [0.717, 1.165) is 0 Å². The number of carbonyl (C=O) groups excluding carboxylic acids is 2. The number of hydrazone groups is 1. The fraction of sp³-hybridized carbons (Fsp3) is 0.111. The monoisotopic (exact) mass is 370 g/mol. The van der Waals surface area contributed by atoms with Crippen molar-refractivity contribution in [1.29, 1.82) is 5.26 Å². The molecule has 7 nitrogen and oxygen atoms in total. The highest BCUT2D eigenvalue weighted by Gasteiger charge is 2.13. The number of nitriles is 1. The predicted octanol–water partition coefficient (Wildman–Crippen LogP) is 3.45. The first-order valence-corrected chi connectivity index (χ1v) is 7.99. The van der Waals surface area contributed by atoms with E-state index in [1.807, 2.05) is 6.07 Å². The Labute approximate surface area is 155 Å². The van der Waals surface area contributed by atoms with E-state index in [1.54, 1.807) is 43.3 Å². The van der Waals surface area contributed by atoms with Gasteiger partial charge in [-0.05, 0) is 37.3 Å². The molecule has 0 radical (unpaired) electrons. The number of amides is 1. The van der Waals surface area contributed by atoms with E-state index in [2.05, 4.69) is 15.8 Å². The van der Waals surface area contributed by atoms with Gasteiger partial charge in [0.2, 0.25) is 5.71 Å². The van der Waals surface area contributed by atoms with Crippen molar-refractivity contribution < 1.29 is 14.3 Å². The molecule has 0 bridgehead atoms. The minimum Gasteiger partial charge on any atom is -0.461 e. The zero-order chi connectivity index (χ0) is 18.9. The average molecular weight is 371 g/mol. The summed E-state index contributed by atoms with van der Waals surface area (Å²) in [6.07, 6.45) is 0. The van der Waals surface area contributed by atoms with Gasteiger partial charge in [-0.2, -0.15) is 10.4 Å². The molecule has 26 heavy (non-hydrogen) atoms. The molecule has 0 heterocycles. The topological polar surface area (TPSA) is 104 Å². The van der Waals surface area contributed by atoms with Crippen LogP contribution in [0.15, 0.2) is 53.6 Å². The molecule has 0 atom stereocenters. The molecule has 0 spiro atoms. The number of nitrogens with one attached hydrogen (secondary N) is 2. The van der Waals surface area contributed by atoms with Crippen molar-refractivity contribution in [1.82, 2.24) is 0 Å². The summed E-state index contributed by atoms with van der Waals surface area (Å²) >= 11 is 6.07. The number of carbonyl (C=O) groups is 2. The smallest absolute Gasteiger partial charge is 0.369 e. The third-order valence-electron chi connectivity index (χ3n) is 3.12. The summed E-state index contributed by atoms with van der Waals surface area (Å²) in [4.78, 5) is 23.9. The van der Waals surface area contributed by atoms with E-state index >= 15 is 0 Å². The molecule has 2 N–H and O–H groups in total. The number of hydrogen-bond acceptors (Lipinski definition) is 6. The minimum absolute atomic E-state index is 0.120. The van der Waals surface area contributed by atoms with Crippen molar-refractivity contribution in [2.24, 2.45) is 5.10 Å².